The van der Waals surface area contributed by atoms with E-state index in [-0.39, 0.29) is 6.42 Å². The Labute approximate surface area is 122 Å². The SMILES string of the molecule is O=C(O)C(O)CCc1ccc(-c2ccccc2Cl)cc1. The van der Waals surface area contributed by atoms with E-state index in [9.17, 15) is 9.90 Å². The molecule has 1 unspecified atom stereocenters. The van der Waals surface area contributed by atoms with Crippen LogP contribution in [0.3, 0.4) is 0 Å². The van der Waals surface area contributed by atoms with Gasteiger partial charge in [0.25, 0.3) is 0 Å². The number of aryl methyl sites for hydroxylation is 1. The minimum atomic E-state index is -1.31. The average molecular weight is 291 g/mol. The van der Waals surface area contributed by atoms with Gasteiger partial charge in [-0.15, -0.1) is 0 Å². The number of aliphatic hydroxyl groups is 1. The Morgan fingerprint density at radius 2 is 1.75 bits per heavy atom. The Hall–Kier alpha value is -1.84. The highest BCUT2D eigenvalue weighted by atomic mass is 35.5. The molecule has 0 bridgehead atoms. The van der Waals surface area contributed by atoms with Gasteiger partial charge >= 0.3 is 5.97 Å². The summed E-state index contributed by atoms with van der Waals surface area (Å²) in [7, 11) is 0. The van der Waals surface area contributed by atoms with Crippen molar-refractivity contribution >= 4 is 17.6 Å². The fourth-order valence-corrected chi connectivity index (χ4v) is 2.22. The van der Waals surface area contributed by atoms with Crippen LogP contribution in [0, 0.1) is 0 Å². The summed E-state index contributed by atoms with van der Waals surface area (Å²) in [6.07, 6.45) is -0.574. The highest BCUT2D eigenvalue weighted by molar-refractivity contribution is 6.33. The van der Waals surface area contributed by atoms with Crippen LogP contribution in [-0.2, 0) is 11.2 Å². The number of halogens is 1. The summed E-state index contributed by atoms with van der Waals surface area (Å²) < 4.78 is 0. The van der Waals surface area contributed by atoms with E-state index in [0.29, 0.717) is 11.4 Å². The fraction of sp³-hybridized carbons (Fsp3) is 0.188. The predicted octanol–water partition coefficient (Wildman–Crippen LogP) is 3.39. The normalized spacial score (nSPS) is 12.1. The number of rotatable bonds is 5. The van der Waals surface area contributed by atoms with Crippen LogP contribution >= 0.6 is 11.6 Å². The lowest BCUT2D eigenvalue weighted by molar-refractivity contribution is -0.146. The van der Waals surface area contributed by atoms with Gasteiger partial charge in [-0.05, 0) is 30.0 Å². The third-order valence-corrected chi connectivity index (χ3v) is 3.46. The summed E-state index contributed by atoms with van der Waals surface area (Å²) in [5, 5.41) is 18.6. The maximum atomic E-state index is 10.5. The molecular formula is C16H15ClO3. The van der Waals surface area contributed by atoms with Crippen LogP contribution in [-0.4, -0.2) is 22.3 Å². The van der Waals surface area contributed by atoms with E-state index in [1.165, 1.54) is 0 Å². The number of aliphatic carboxylic acids is 1. The van der Waals surface area contributed by atoms with Gasteiger partial charge < -0.3 is 10.2 Å². The van der Waals surface area contributed by atoms with E-state index in [0.717, 1.165) is 16.7 Å². The van der Waals surface area contributed by atoms with Crippen LogP contribution < -0.4 is 0 Å². The quantitative estimate of drug-likeness (QED) is 0.887. The lowest BCUT2D eigenvalue weighted by Gasteiger charge is -2.07. The van der Waals surface area contributed by atoms with E-state index in [2.05, 4.69) is 0 Å². The summed E-state index contributed by atoms with van der Waals surface area (Å²) in [5.41, 5.74) is 2.96. The molecular weight excluding hydrogens is 276 g/mol. The van der Waals surface area contributed by atoms with Gasteiger partial charge in [0.2, 0.25) is 0 Å². The number of carbonyl (C=O) groups is 1. The molecule has 2 aromatic carbocycles. The molecule has 0 heterocycles. The van der Waals surface area contributed by atoms with Crippen LogP contribution in [0.4, 0.5) is 0 Å². The third kappa shape index (κ3) is 3.59. The highest BCUT2D eigenvalue weighted by Gasteiger charge is 2.12. The Balaban J connectivity index is 2.07. The van der Waals surface area contributed by atoms with Crippen molar-refractivity contribution in [3.05, 3.63) is 59.1 Å². The summed E-state index contributed by atoms with van der Waals surface area (Å²) in [6.45, 7) is 0. The first-order valence-electron chi connectivity index (χ1n) is 6.32. The van der Waals surface area contributed by atoms with E-state index >= 15 is 0 Å². The van der Waals surface area contributed by atoms with Crippen molar-refractivity contribution in [2.24, 2.45) is 0 Å². The smallest absolute Gasteiger partial charge is 0.332 e. The molecule has 2 rings (SSSR count). The first-order chi connectivity index (χ1) is 9.58. The lowest BCUT2D eigenvalue weighted by atomic mass is 10.0. The molecule has 0 fully saturated rings. The molecule has 1 atom stereocenters. The van der Waals surface area contributed by atoms with Crippen LogP contribution in [0.15, 0.2) is 48.5 Å². The zero-order chi connectivity index (χ0) is 14.5. The summed E-state index contributed by atoms with van der Waals surface area (Å²) >= 11 is 6.14. The van der Waals surface area contributed by atoms with Gasteiger partial charge in [0.05, 0.1) is 0 Å². The largest absolute Gasteiger partial charge is 0.479 e. The molecule has 2 N–H and O–H groups in total. The zero-order valence-electron chi connectivity index (χ0n) is 10.8. The fourth-order valence-electron chi connectivity index (χ4n) is 1.97. The van der Waals surface area contributed by atoms with Gasteiger partial charge in [0.15, 0.2) is 6.10 Å². The van der Waals surface area contributed by atoms with Gasteiger partial charge in [-0.3, -0.25) is 0 Å². The first kappa shape index (κ1) is 14.6. The summed E-state index contributed by atoms with van der Waals surface area (Å²) in [4.78, 5) is 10.5. The summed E-state index contributed by atoms with van der Waals surface area (Å²) in [5.74, 6) is -1.18. The number of hydrogen-bond acceptors (Lipinski definition) is 2. The molecule has 0 spiro atoms. The van der Waals surface area contributed by atoms with Gasteiger partial charge in [0.1, 0.15) is 0 Å². The van der Waals surface area contributed by atoms with E-state index in [1.54, 1.807) is 0 Å². The maximum absolute atomic E-state index is 10.5. The van der Waals surface area contributed by atoms with Crippen molar-refractivity contribution in [2.45, 2.75) is 18.9 Å². The topological polar surface area (TPSA) is 57.5 Å². The molecule has 3 nitrogen and oxygen atoms in total. The molecule has 0 aromatic heterocycles. The lowest BCUT2D eigenvalue weighted by Crippen LogP contribution is -2.19. The van der Waals surface area contributed by atoms with E-state index in [1.807, 2.05) is 48.5 Å². The minimum Gasteiger partial charge on any atom is -0.479 e. The molecule has 0 saturated heterocycles. The van der Waals surface area contributed by atoms with Gasteiger partial charge in [-0.25, -0.2) is 4.79 Å². The second-order valence-corrected chi connectivity index (χ2v) is 4.98. The molecule has 104 valence electrons. The first-order valence-corrected chi connectivity index (χ1v) is 6.70. The number of hydrogen-bond donors (Lipinski definition) is 2. The van der Waals surface area contributed by atoms with Crippen molar-refractivity contribution < 1.29 is 15.0 Å². The van der Waals surface area contributed by atoms with Crippen molar-refractivity contribution in [2.75, 3.05) is 0 Å². The van der Waals surface area contributed by atoms with Crippen LogP contribution in [0.25, 0.3) is 11.1 Å². The van der Waals surface area contributed by atoms with E-state index in [4.69, 9.17) is 16.7 Å². The standard InChI is InChI=1S/C16H15ClO3/c17-14-4-2-1-3-13(14)12-8-5-11(6-9-12)7-10-15(18)16(19)20/h1-6,8-9,15,18H,7,10H2,(H,19,20). The number of carboxylic acids is 1. The maximum Gasteiger partial charge on any atom is 0.332 e. The van der Waals surface area contributed by atoms with Crippen LogP contribution in [0.2, 0.25) is 5.02 Å². The van der Waals surface area contributed by atoms with E-state index < -0.39 is 12.1 Å². The van der Waals surface area contributed by atoms with Gasteiger partial charge in [-0.1, -0.05) is 54.1 Å². The van der Waals surface area contributed by atoms with Crippen molar-refractivity contribution in [3.63, 3.8) is 0 Å². The molecule has 0 saturated carbocycles. The van der Waals surface area contributed by atoms with Crippen LogP contribution in [0.1, 0.15) is 12.0 Å². The zero-order valence-corrected chi connectivity index (χ0v) is 11.5. The Kier molecular flexibility index (Phi) is 4.77. The molecule has 0 aliphatic heterocycles. The number of aliphatic hydroxyl groups excluding tert-OH is 1. The molecule has 0 amide bonds. The third-order valence-electron chi connectivity index (χ3n) is 3.13. The molecule has 20 heavy (non-hydrogen) atoms. The second-order valence-electron chi connectivity index (χ2n) is 4.57. The molecule has 2 aromatic rings. The Morgan fingerprint density at radius 3 is 2.35 bits per heavy atom. The molecule has 4 heteroatoms. The predicted molar refractivity (Wildman–Crippen MR) is 78.9 cm³/mol. The molecule has 0 aliphatic carbocycles. The molecule has 0 aliphatic rings. The van der Waals surface area contributed by atoms with Crippen molar-refractivity contribution in [3.8, 4) is 11.1 Å². The summed E-state index contributed by atoms with van der Waals surface area (Å²) in [6, 6.07) is 15.3. The minimum absolute atomic E-state index is 0.209. The molecule has 0 radical (unpaired) electrons. The van der Waals surface area contributed by atoms with Crippen LogP contribution in [0.5, 0.6) is 0 Å². The van der Waals surface area contributed by atoms with Gasteiger partial charge in [-0.2, -0.15) is 0 Å². The average Bonchev–Trinajstić information content (AvgIpc) is 2.46. The number of carboxylic acid groups (broad SMARTS) is 1. The Morgan fingerprint density at radius 1 is 1.10 bits per heavy atom. The van der Waals surface area contributed by atoms with Gasteiger partial charge in [0, 0.05) is 10.6 Å². The second kappa shape index (κ2) is 6.55. The van der Waals surface area contributed by atoms with Crippen molar-refractivity contribution in [1.29, 1.82) is 0 Å². The Bertz CT molecular complexity index is 593. The van der Waals surface area contributed by atoms with Crippen molar-refractivity contribution in [1.82, 2.24) is 0 Å². The highest BCUT2D eigenvalue weighted by Crippen LogP contribution is 2.27. The number of benzene rings is 2. The monoisotopic (exact) mass is 290 g/mol.